The Labute approximate surface area is 189 Å². The summed E-state index contributed by atoms with van der Waals surface area (Å²) in [6.45, 7) is 3.71. The van der Waals surface area contributed by atoms with Crippen molar-refractivity contribution in [3.05, 3.63) is 53.6 Å². The number of ether oxygens (including phenoxy) is 3. The molecule has 2 aromatic rings. The smallest absolute Gasteiger partial charge is 0.255 e. The number of sulfonamides is 1. The highest BCUT2D eigenvalue weighted by Crippen LogP contribution is 2.35. The predicted molar refractivity (Wildman–Crippen MR) is 121 cm³/mol. The van der Waals surface area contributed by atoms with Crippen molar-refractivity contribution in [3.63, 3.8) is 0 Å². The topological polar surface area (TPSA) is 94.2 Å². The molecule has 0 spiro atoms. The first-order chi connectivity index (χ1) is 15.4. The Bertz CT molecular complexity index is 1020. The van der Waals surface area contributed by atoms with Crippen molar-refractivity contribution in [2.45, 2.75) is 24.2 Å². The van der Waals surface area contributed by atoms with Gasteiger partial charge in [0, 0.05) is 25.7 Å². The zero-order chi connectivity index (χ0) is 23.1. The fourth-order valence-corrected chi connectivity index (χ4v) is 5.09. The molecular weight excluding hydrogens is 432 g/mol. The number of carbonyl (C=O) groups is 1. The van der Waals surface area contributed by atoms with Crippen LogP contribution < -0.4 is 14.8 Å². The Balaban J connectivity index is 1.81. The summed E-state index contributed by atoms with van der Waals surface area (Å²) in [6.07, 6.45) is 0.737. The van der Waals surface area contributed by atoms with Gasteiger partial charge in [0.05, 0.1) is 37.9 Å². The van der Waals surface area contributed by atoms with E-state index in [-0.39, 0.29) is 41.0 Å². The number of hydrogen-bond donors (Lipinski definition) is 1. The normalized spacial score (nSPS) is 15.7. The van der Waals surface area contributed by atoms with E-state index in [0.29, 0.717) is 19.8 Å². The molecule has 1 fully saturated rings. The molecule has 1 saturated heterocycles. The Morgan fingerprint density at radius 3 is 2.44 bits per heavy atom. The molecule has 0 aromatic heterocycles. The highest BCUT2D eigenvalue weighted by molar-refractivity contribution is 7.89. The molecule has 8 nitrogen and oxygen atoms in total. The van der Waals surface area contributed by atoms with Gasteiger partial charge in [0.25, 0.3) is 5.91 Å². The molecule has 1 N–H and O–H groups in total. The van der Waals surface area contributed by atoms with Gasteiger partial charge in [-0.05, 0) is 24.0 Å². The fourth-order valence-electron chi connectivity index (χ4n) is 3.64. The monoisotopic (exact) mass is 462 g/mol. The molecule has 9 heteroatoms. The average Bonchev–Trinajstić information content (AvgIpc) is 2.83. The second-order valence-corrected chi connectivity index (χ2v) is 9.52. The highest BCUT2D eigenvalue weighted by atomic mass is 32.2. The first-order valence-corrected chi connectivity index (χ1v) is 12.0. The summed E-state index contributed by atoms with van der Waals surface area (Å²) < 4.78 is 43.6. The number of carbonyl (C=O) groups excluding carboxylic acids is 1. The minimum atomic E-state index is -3.81. The van der Waals surface area contributed by atoms with Crippen molar-refractivity contribution in [2.75, 3.05) is 47.1 Å². The minimum absolute atomic E-state index is 0.0140. The van der Waals surface area contributed by atoms with Crippen molar-refractivity contribution in [2.24, 2.45) is 0 Å². The fraction of sp³-hybridized carbons (Fsp3) is 0.435. The number of hydrogen-bond acceptors (Lipinski definition) is 6. The average molecular weight is 463 g/mol. The lowest BCUT2D eigenvalue weighted by Gasteiger charge is -2.26. The van der Waals surface area contributed by atoms with Gasteiger partial charge >= 0.3 is 0 Å². The summed E-state index contributed by atoms with van der Waals surface area (Å²) in [5.41, 5.74) is 1.31. The van der Waals surface area contributed by atoms with Gasteiger partial charge in [-0.3, -0.25) is 4.79 Å². The molecule has 0 bridgehead atoms. The van der Waals surface area contributed by atoms with Crippen LogP contribution in [0, 0.1) is 0 Å². The number of amides is 1. The van der Waals surface area contributed by atoms with Crippen LogP contribution in [0.3, 0.4) is 0 Å². The number of nitrogens with one attached hydrogen (secondary N) is 1. The second kappa shape index (κ2) is 10.8. The first kappa shape index (κ1) is 24.0. The van der Waals surface area contributed by atoms with Gasteiger partial charge in [0.2, 0.25) is 10.0 Å². The van der Waals surface area contributed by atoms with E-state index in [1.807, 2.05) is 18.2 Å². The zero-order valence-corrected chi connectivity index (χ0v) is 19.5. The van der Waals surface area contributed by atoms with Gasteiger partial charge in [-0.1, -0.05) is 37.3 Å². The molecule has 1 unspecified atom stereocenters. The van der Waals surface area contributed by atoms with Crippen LogP contribution in [0.15, 0.2) is 47.4 Å². The van der Waals surface area contributed by atoms with Gasteiger partial charge in [-0.15, -0.1) is 0 Å². The molecule has 174 valence electrons. The van der Waals surface area contributed by atoms with Crippen molar-refractivity contribution in [3.8, 4) is 11.5 Å². The molecule has 32 heavy (non-hydrogen) atoms. The van der Waals surface area contributed by atoms with E-state index in [1.165, 1.54) is 36.2 Å². The van der Waals surface area contributed by atoms with Gasteiger partial charge < -0.3 is 19.5 Å². The summed E-state index contributed by atoms with van der Waals surface area (Å²) in [5, 5.41) is 2.88. The maximum Gasteiger partial charge on any atom is 0.255 e. The third kappa shape index (κ3) is 5.40. The second-order valence-electron chi connectivity index (χ2n) is 7.58. The molecule has 0 saturated carbocycles. The predicted octanol–water partition coefficient (Wildman–Crippen LogP) is 2.65. The molecule has 1 aliphatic heterocycles. The Morgan fingerprint density at radius 2 is 1.81 bits per heavy atom. The first-order valence-electron chi connectivity index (χ1n) is 10.6. The Kier molecular flexibility index (Phi) is 8.11. The van der Waals surface area contributed by atoms with Crippen molar-refractivity contribution in [1.29, 1.82) is 0 Å². The standard InChI is InChI=1S/C23H30N2O6S/c1-17(18-7-5-4-6-8-18)9-10-24-23(26)20-15-19(16-21(29-2)22(20)30-3)32(27,28)25-11-13-31-14-12-25/h4-8,15-17H,9-14H2,1-3H3,(H,24,26). The van der Waals surface area contributed by atoms with Crippen LogP contribution in [0.1, 0.15) is 35.2 Å². The van der Waals surface area contributed by atoms with Crippen LogP contribution in [0.2, 0.25) is 0 Å². The molecule has 3 rings (SSSR count). The van der Waals surface area contributed by atoms with Crippen LogP contribution in [-0.4, -0.2) is 65.7 Å². The minimum Gasteiger partial charge on any atom is -0.493 e. The van der Waals surface area contributed by atoms with Crippen LogP contribution in [-0.2, 0) is 14.8 Å². The maximum atomic E-state index is 13.1. The van der Waals surface area contributed by atoms with Crippen LogP contribution >= 0.6 is 0 Å². The molecule has 1 heterocycles. The van der Waals surface area contributed by atoms with Crippen LogP contribution in [0.4, 0.5) is 0 Å². The van der Waals surface area contributed by atoms with E-state index in [4.69, 9.17) is 14.2 Å². The molecular formula is C23H30N2O6S. The number of morpholine rings is 1. The van der Waals surface area contributed by atoms with Crippen molar-refractivity contribution in [1.82, 2.24) is 9.62 Å². The lowest BCUT2D eigenvalue weighted by atomic mass is 9.98. The van der Waals surface area contributed by atoms with E-state index >= 15 is 0 Å². The number of benzene rings is 2. The summed E-state index contributed by atoms with van der Waals surface area (Å²) in [4.78, 5) is 13.0. The third-order valence-electron chi connectivity index (χ3n) is 5.54. The van der Waals surface area contributed by atoms with Gasteiger partial charge in [0.1, 0.15) is 0 Å². The summed E-state index contributed by atoms with van der Waals surface area (Å²) in [7, 11) is -0.980. The molecule has 0 radical (unpaired) electrons. The van der Waals surface area contributed by atoms with Crippen molar-refractivity contribution < 1.29 is 27.4 Å². The SMILES string of the molecule is COc1cc(S(=O)(=O)N2CCOCC2)cc(C(=O)NCCC(C)c2ccccc2)c1OC. The molecule has 0 aliphatic carbocycles. The van der Waals surface area contributed by atoms with E-state index in [1.54, 1.807) is 0 Å². The quantitative estimate of drug-likeness (QED) is 0.616. The molecule has 2 aromatic carbocycles. The van der Waals surface area contributed by atoms with Crippen LogP contribution in [0.5, 0.6) is 11.5 Å². The number of methoxy groups -OCH3 is 2. The number of nitrogens with zero attached hydrogens (tertiary/aromatic N) is 1. The van der Waals surface area contributed by atoms with E-state index in [9.17, 15) is 13.2 Å². The van der Waals surface area contributed by atoms with Gasteiger partial charge in [0.15, 0.2) is 11.5 Å². The molecule has 1 amide bonds. The number of rotatable bonds is 9. The highest BCUT2D eigenvalue weighted by Gasteiger charge is 2.30. The Hall–Kier alpha value is -2.62. The lowest BCUT2D eigenvalue weighted by molar-refractivity contribution is 0.0730. The third-order valence-corrected chi connectivity index (χ3v) is 7.41. The lowest BCUT2D eigenvalue weighted by Crippen LogP contribution is -2.40. The zero-order valence-electron chi connectivity index (χ0n) is 18.7. The van der Waals surface area contributed by atoms with E-state index < -0.39 is 15.9 Å². The largest absolute Gasteiger partial charge is 0.493 e. The maximum absolute atomic E-state index is 13.1. The molecule has 1 aliphatic rings. The van der Waals surface area contributed by atoms with Gasteiger partial charge in [-0.2, -0.15) is 4.31 Å². The van der Waals surface area contributed by atoms with Crippen molar-refractivity contribution >= 4 is 15.9 Å². The Morgan fingerprint density at radius 1 is 1.12 bits per heavy atom. The molecule has 1 atom stereocenters. The summed E-state index contributed by atoms with van der Waals surface area (Å²) in [6, 6.07) is 12.8. The van der Waals surface area contributed by atoms with Crippen LogP contribution in [0.25, 0.3) is 0 Å². The van der Waals surface area contributed by atoms with E-state index in [0.717, 1.165) is 6.42 Å². The van der Waals surface area contributed by atoms with Gasteiger partial charge in [-0.25, -0.2) is 8.42 Å². The summed E-state index contributed by atoms with van der Waals surface area (Å²) >= 11 is 0. The van der Waals surface area contributed by atoms with E-state index in [2.05, 4.69) is 24.4 Å². The summed E-state index contributed by atoms with van der Waals surface area (Å²) in [5.74, 6) is 0.229.